The summed E-state index contributed by atoms with van der Waals surface area (Å²) in [4.78, 5) is 58.5. The summed E-state index contributed by atoms with van der Waals surface area (Å²) >= 11 is 0. The van der Waals surface area contributed by atoms with Crippen molar-refractivity contribution >= 4 is 29.8 Å². The van der Waals surface area contributed by atoms with Gasteiger partial charge in [-0.3, -0.25) is 9.59 Å². The van der Waals surface area contributed by atoms with Crippen LogP contribution in [0.2, 0.25) is 0 Å². The lowest BCUT2D eigenvalue weighted by molar-refractivity contribution is -0.152. The maximum absolute atomic E-state index is 12.6. The number of methoxy groups -OCH3 is 1. The Bertz CT molecular complexity index is 2200. The third kappa shape index (κ3) is 15.4. The molecule has 296 valence electrons. The van der Waals surface area contributed by atoms with Crippen molar-refractivity contribution in [3.63, 3.8) is 0 Å². The molecule has 0 fully saturated rings. The zero-order valence-electron chi connectivity index (χ0n) is 32.1. The molecule has 0 N–H and O–H groups in total. The molecule has 0 spiro atoms. The highest BCUT2D eigenvalue weighted by Crippen LogP contribution is 2.23. The molecule has 0 saturated heterocycles. The van der Waals surface area contributed by atoms with Gasteiger partial charge in [0.05, 0.1) is 33.2 Å². The van der Waals surface area contributed by atoms with E-state index in [1.54, 1.807) is 18.2 Å². The van der Waals surface area contributed by atoms with Gasteiger partial charge in [-0.15, -0.1) is 0 Å². The topological polar surface area (TPSA) is 141 Å². The molecule has 11 nitrogen and oxygen atoms in total. The summed E-state index contributed by atoms with van der Waals surface area (Å²) in [6.07, 6.45) is 2.96. The molecule has 0 radical (unpaired) electrons. The van der Waals surface area contributed by atoms with Crippen LogP contribution in [0.3, 0.4) is 0 Å². The molecular formula is C47H42O11. The molecular weight excluding hydrogens is 741 g/mol. The maximum Gasteiger partial charge on any atom is 0.341 e. The normalized spacial score (nSPS) is 9.95. The lowest BCUT2D eigenvalue weighted by atomic mass is 10.1. The minimum atomic E-state index is -0.610. The largest absolute Gasteiger partial charge is 0.488 e. The summed E-state index contributed by atoms with van der Waals surface area (Å²) in [6.45, 7) is 7.09. The van der Waals surface area contributed by atoms with Crippen LogP contribution in [0.1, 0.15) is 62.1 Å². The standard InChI is InChI=1S/C47H42O11/c1-4-43(48)54-28-26-37-14-10-35(11-15-37)16-19-39-22-23-42(41(32-39)47(52)53-3)58-33-40-20-17-36(18-21-40)7-6-34-8-12-38(13-9-34)27-29-55-45(50)24-25-46(51)57-31-30-56-44(49)5-2/h4-5,8-15,17-18,20-23,32H,1-2,24-31,33H2,3H3. The third-order valence-electron chi connectivity index (χ3n) is 8.09. The van der Waals surface area contributed by atoms with E-state index in [1.165, 1.54) is 7.11 Å². The molecule has 0 amide bonds. The van der Waals surface area contributed by atoms with Crippen molar-refractivity contribution in [3.8, 4) is 29.4 Å². The maximum atomic E-state index is 12.6. The number of carbonyl (C=O) groups is 5. The van der Waals surface area contributed by atoms with E-state index in [9.17, 15) is 24.0 Å². The molecule has 0 aliphatic rings. The van der Waals surface area contributed by atoms with Crippen molar-refractivity contribution in [2.45, 2.75) is 32.3 Å². The number of rotatable bonds is 18. The Balaban J connectivity index is 1.22. The number of carbonyl (C=O) groups excluding carboxylic acids is 5. The summed E-state index contributed by atoms with van der Waals surface area (Å²) in [6, 6.07) is 27.9. The molecule has 58 heavy (non-hydrogen) atoms. The van der Waals surface area contributed by atoms with Crippen LogP contribution in [-0.2, 0) is 62.3 Å². The first-order valence-corrected chi connectivity index (χ1v) is 18.2. The zero-order chi connectivity index (χ0) is 41.5. The second-order valence-electron chi connectivity index (χ2n) is 12.3. The molecule has 0 atom stereocenters. The molecule has 0 aliphatic heterocycles. The molecule has 0 unspecified atom stereocenters. The summed E-state index contributed by atoms with van der Waals surface area (Å²) in [5.41, 5.74) is 6.11. The third-order valence-corrected chi connectivity index (χ3v) is 8.09. The Kier molecular flexibility index (Phi) is 17.6. The van der Waals surface area contributed by atoms with E-state index >= 15 is 0 Å². The van der Waals surface area contributed by atoms with Gasteiger partial charge in [-0.05, 0) is 71.3 Å². The smallest absolute Gasteiger partial charge is 0.341 e. The van der Waals surface area contributed by atoms with Gasteiger partial charge in [0.25, 0.3) is 0 Å². The number of hydrogen-bond acceptors (Lipinski definition) is 11. The number of ether oxygens (including phenoxy) is 6. The summed E-state index contributed by atoms with van der Waals surface area (Å²) in [5, 5.41) is 0. The molecule has 0 aromatic heterocycles. The minimum Gasteiger partial charge on any atom is -0.488 e. The van der Waals surface area contributed by atoms with Gasteiger partial charge in [0.15, 0.2) is 0 Å². The van der Waals surface area contributed by atoms with Crippen molar-refractivity contribution in [2.24, 2.45) is 0 Å². The van der Waals surface area contributed by atoms with E-state index in [0.29, 0.717) is 24.2 Å². The van der Waals surface area contributed by atoms with Crippen molar-refractivity contribution in [2.75, 3.05) is 33.5 Å². The van der Waals surface area contributed by atoms with Crippen molar-refractivity contribution in [1.29, 1.82) is 0 Å². The van der Waals surface area contributed by atoms with Gasteiger partial charge in [-0.25, -0.2) is 14.4 Å². The van der Waals surface area contributed by atoms with Crippen molar-refractivity contribution in [1.82, 2.24) is 0 Å². The minimum absolute atomic E-state index is 0.0889. The Labute approximate surface area is 337 Å². The summed E-state index contributed by atoms with van der Waals surface area (Å²) < 4.78 is 30.9. The van der Waals surface area contributed by atoms with Crippen molar-refractivity contribution < 1.29 is 52.4 Å². The van der Waals surface area contributed by atoms with E-state index in [1.807, 2.05) is 72.8 Å². The van der Waals surface area contributed by atoms with E-state index in [-0.39, 0.29) is 51.4 Å². The van der Waals surface area contributed by atoms with Crippen molar-refractivity contribution in [3.05, 3.63) is 161 Å². The van der Waals surface area contributed by atoms with Crippen LogP contribution in [0, 0.1) is 23.7 Å². The number of benzene rings is 4. The van der Waals surface area contributed by atoms with E-state index in [0.717, 1.165) is 45.5 Å². The highest BCUT2D eigenvalue weighted by molar-refractivity contribution is 5.93. The van der Waals surface area contributed by atoms with Gasteiger partial charge >= 0.3 is 29.8 Å². The SMILES string of the molecule is C=CC(=O)OCCOC(=O)CCC(=O)OCCc1ccc(C#Cc2ccc(COc3ccc(C#Cc4ccc(CCOC(=O)C=C)cc4)cc3C(=O)OC)cc2)cc1. The van der Waals surface area contributed by atoms with Crippen LogP contribution in [-0.4, -0.2) is 63.4 Å². The Morgan fingerprint density at radius 1 is 0.534 bits per heavy atom. The quantitative estimate of drug-likeness (QED) is 0.0371. The number of hydrogen-bond donors (Lipinski definition) is 0. The molecule has 11 heteroatoms. The first-order valence-electron chi connectivity index (χ1n) is 18.2. The Morgan fingerprint density at radius 3 is 1.45 bits per heavy atom. The molecule has 0 aliphatic carbocycles. The highest BCUT2D eigenvalue weighted by atomic mass is 16.6. The Morgan fingerprint density at radius 2 is 0.948 bits per heavy atom. The molecule has 0 heterocycles. The van der Waals surface area contributed by atoms with Gasteiger partial charge in [0.1, 0.15) is 31.1 Å². The fourth-order valence-electron chi connectivity index (χ4n) is 4.96. The van der Waals surface area contributed by atoms with Crippen LogP contribution in [0.15, 0.2) is 116 Å². The van der Waals surface area contributed by atoms with E-state index in [2.05, 4.69) is 36.8 Å². The lowest BCUT2D eigenvalue weighted by Gasteiger charge is -2.11. The second kappa shape index (κ2) is 23.5. The average molecular weight is 783 g/mol. The van der Waals surface area contributed by atoms with Crippen LogP contribution in [0.25, 0.3) is 0 Å². The van der Waals surface area contributed by atoms with Crippen LogP contribution in [0.5, 0.6) is 5.75 Å². The van der Waals surface area contributed by atoms with Gasteiger partial charge in [0, 0.05) is 47.2 Å². The molecule has 0 saturated carbocycles. The second-order valence-corrected chi connectivity index (χ2v) is 12.3. The molecule has 4 aromatic rings. The highest BCUT2D eigenvalue weighted by Gasteiger charge is 2.14. The van der Waals surface area contributed by atoms with Gasteiger partial charge in [-0.2, -0.15) is 0 Å². The summed E-state index contributed by atoms with van der Waals surface area (Å²) in [5.74, 6) is 10.1. The molecule has 4 rings (SSSR count). The first-order chi connectivity index (χ1) is 28.1. The Hall–Kier alpha value is -7.37. The predicted molar refractivity (Wildman–Crippen MR) is 214 cm³/mol. The van der Waals surface area contributed by atoms with Gasteiger partial charge < -0.3 is 28.4 Å². The lowest BCUT2D eigenvalue weighted by Crippen LogP contribution is -2.15. The van der Waals surface area contributed by atoms with Crippen LogP contribution in [0.4, 0.5) is 0 Å². The zero-order valence-corrected chi connectivity index (χ0v) is 32.1. The monoisotopic (exact) mass is 782 g/mol. The molecule has 4 aromatic carbocycles. The van der Waals surface area contributed by atoms with Crippen LogP contribution < -0.4 is 4.74 Å². The fraction of sp³-hybridized carbons (Fsp3) is 0.213. The van der Waals surface area contributed by atoms with E-state index < -0.39 is 29.8 Å². The van der Waals surface area contributed by atoms with Gasteiger partial charge in [-0.1, -0.05) is 73.2 Å². The van der Waals surface area contributed by atoms with Gasteiger partial charge in [0.2, 0.25) is 0 Å². The number of esters is 5. The molecule has 0 bridgehead atoms. The predicted octanol–water partition coefficient (Wildman–Crippen LogP) is 6.26. The first kappa shape index (κ1) is 43.4. The van der Waals surface area contributed by atoms with Crippen LogP contribution >= 0.6 is 0 Å². The average Bonchev–Trinajstić information content (AvgIpc) is 3.25. The fourth-order valence-corrected chi connectivity index (χ4v) is 4.96. The summed E-state index contributed by atoms with van der Waals surface area (Å²) in [7, 11) is 1.31. The van der Waals surface area contributed by atoms with E-state index in [4.69, 9.17) is 28.4 Å².